The van der Waals surface area contributed by atoms with Crippen molar-refractivity contribution in [3.8, 4) is 0 Å². The highest BCUT2D eigenvalue weighted by atomic mass is 15.2. The summed E-state index contributed by atoms with van der Waals surface area (Å²) >= 11 is 0. The average Bonchev–Trinajstić information content (AvgIpc) is 3.19. The largest absolute Gasteiger partial charge is 0.320 e. The van der Waals surface area contributed by atoms with Gasteiger partial charge in [-0.2, -0.15) is 0 Å². The fraction of sp³-hybridized carbons (Fsp3) is 0.600. The van der Waals surface area contributed by atoms with Gasteiger partial charge in [0.1, 0.15) is 0 Å². The number of nitrogens with zero attached hydrogens (tertiary/aromatic N) is 1. The quantitative estimate of drug-likeness (QED) is 0.693. The van der Waals surface area contributed by atoms with Crippen LogP contribution in [0.3, 0.4) is 0 Å². The van der Waals surface area contributed by atoms with Crippen LogP contribution in [-0.4, -0.2) is 31.1 Å². The van der Waals surface area contributed by atoms with Gasteiger partial charge in [-0.1, -0.05) is 30.3 Å². The van der Waals surface area contributed by atoms with E-state index in [1.54, 1.807) is 0 Å². The highest BCUT2D eigenvalue weighted by Crippen LogP contribution is 2.28. The summed E-state index contributed by atoms with van der Waals surface area (Å²) in [4.78, 5) is 2.66. The summed E-state index contributed by atoms with van der Waals surface area (Å²) in [5, 5.41) is 3.22. The van der Waals surface area contributed by atoms with Crippen LogP contribution in [0.5, 0.6) is 0 Å². The van der Waals surface area contributed by atoms with Crippen molar-refractivity contribution in [1.29, 1.82) is 0 Å². The van der Waals surface area contributed by atoms with E-state index in [0.29, 0.717) is 0 Å². The third-order valence-corrected chi connectivity index (χ3v) is 3.41. The Bertz CT molecular complexity index is 306. The van der Waals surface area contributed by atoms with Crippen molar-refractivity contribution in [2.45, 2.75) is 38.3 Å². The molecule has 0 radical (unpaired) electrons. The van der Waals surface area contributed by atoms with Gasteiger partial charge in [-0.05, 0) is 51.4 Å². The zero-order chi connectivity index (χ0) is 11.9. The lowest BCUT2D eigenvalue weighted by atomic mass is 10.2. The maximum absolute atomic E-state index is 3.22. The summed E-state index contributed by atoms with van der Waals surface area (Å²) in [6.07, 6.45) is 5.40. The van der Waals surface area contributed by atoms with Crippen molar-refractivity contribution in [3.05, 3.63) is 35.9 Å². The molecule has 1 aliphatic rings. The Balaban J connectivity index is 1.77. The molecule has 0 spiro atoms. The van der Waals surface area contributed by atoms with Crippen LogP contribution in [0.15, 0.2) is 30.3 Å². The van der Waals surface area contributed by atoms with E-state index in [-0.39, 0.29) is 0 Å². The van der Waals surface area contributed by atoms with Crippen LogP contribution in [0, 0.1) is 0 Å². The molecule has 0 aromatic heterocycles. The Kier molecular flexibility index (Phi) is 5.02. The Morgan fingerprint density at radius 1 is 1.18 bits per heavy atom. The smallest absolute Gasteiger partial charge is 0.0236 e. The molecule has 0 heterocycles. The van der Waals surface area contributed by atoms with E-state index >= 15 is 0 Å². The van der Waals surface area contributed by atoms with E-state index in [1.807, 2.05) is 7.05 Å². The molecule has 0 atom stereocenters. The van der Waals surface area contributed by atoms with Crippen LogP contribution in [-0.2, 0) is 6.54 Å². The van der Waals surface area contributed by atoms with Gasteiger partial charge in [-0.3, -0.25) is 4.90 Å². The molecule has 0 saturated heterocycles. The Morgan fingerprint density at radius 3 is 2.59 bits per heavy atom. The Labute approximate surface area is 105 Å². The average molecular weight is 232 g/mol. The Morgan fingerprint density at radius 2 is 1.94 bits per heavy atom. The molecule has 1 aliphatic carbocycles. The normalized spacial score (nSPS) is 15.4. The van der Waals surface area contributed by atoms with E-state index in [2.05, 4.69) is 40.5 Å². The van der Waals surface area contributed by atoms with Crippen LogP contribution in [0.4, 0.5) is 0 Å². The van der Waals surface area contributed by atoms with Gasteiger partial charge in [0.2, 0.25) is 0 Å². The third-order valence-electron chi connectivity index (χ3n) is 3.41. The number of hydrogen-bond acceptors (Lipinski definition) is 2. The predicted octanol–water partition coefficient (Wildman–Crippen LogP) is 2.65. The molecule has 0 amide bonds. The minimum absolute atomic E-state index is 0.866. The van der Waals surface area contributed by atoms with Crippen molar-refractivity contribution in [1.82, 2.24) is 10.2 Å². The zero-order valence-electron chi connectivity index (χ0n) is 10.9. The summed E-state index contributed by atoms with van der Waals surface area (Å²) in [5.74, 6) is 0. The topological polar surface area (TPSA) is 15.3 Å². The molecule has 2 nitrogen and oxygen atoms in total. The van der Waals surface area contributed by atoms with Crippen LogP contribution < -0.4 is 5.32 Å². The van der Waals surface area contributed by atoms with Gasteiger partial charge in [0.05, 0.1) is 0 Å². The van der Waals surface area contributed by atoms with Crippen molar-refractivity contribution in [3.63, 3.8) is 0 Å². The molecule has 0 bridgehead atoms. The molecular formula is C15H24N2. The second kappa shape index (κ2) is 6.77. The second-order valence-corrected chi connectivity index (χ2v) is 5.00. The summed E-state index contributed by atoms with van der Waals surface area (Å²) in [7, 11) is 2.03. The predicted molar refractivity (Wildman–Crippen MR) is 73.0 cm³/mol. The lowest BCUT2D eigenvalue weighted by molar-refractivity contribution is 0.249. The SMILES string of the molecule is CNCCCCN(Cc1ccccc1)C1CC1. The van der Waals surface area contributed by atoms with Crippen LogP contribution in [0.2, 0.25) is 0 Å². The number of hydrogen-bond donors (Lipinski definition) is 1. The molecule has 1 aromatic carbocycles. The number of unbranched alkanes of at least 4 members (excludes halogenated alkanes) is 1. The summed E-state index contributed by atoms with van der Waals surface area (Å²) in [6.45, 7) is 3.52. The van der Waals surface area contributed by atoms with E-state index in [9.17, 15) is 0 Å². The fourth-order valence-electron chi connectivity index (χ4n) is 2.27. The summed E-state index contributed by atoms with van der Waals surface area (Å²) in [5.41, 5.74) is 1.45. The van der Waals surface area contributed by atoms with Crippen LogP contribution >= 0.6 is 0 Å². The molecule has 1 fully saturated rings. The van der Waals surface area contributed by atoms with Gasteiger partial charge in [0.15, 0.2) is 0 Å². The van der Waals surface area contributed by atoms with Gasteiger partial charge in [-0.25, -0.2) is 0 Å². The van der Waals surface area contributed by atoms with Crippen LogP contribution in [0.1, 0.15) is 31.2 Å². The standard InChI is InChI=1S/C15H24N2/c1-16-11-5-6-12-17(15-9-10-15)13-14-7-3-2-4-8-14/h2-4,7-8,15-16H,5-6,9-13H2,1H3. The molecule has 2 heteroatoms. The van der Waals surface area contributed by atoms with Crippen molar-refractivity contribution in [2.24, 2.45) is 0 Å². The molecule has 2 rings (SSSR count). The lowest BCUT2D eigenvalue weighted by Gasteiger charge is -2.22. The van der Waals surface area contributed by atoms with E-state index in [0.717, 1.165) is 19.1 Å². The fourth-order valence-corrected chi connectivity index (χ4v) is 2.27. The highest BCUT2D eigenvalue weighted by Gasteiger charge is 2.28. The molecule has 94 valence electrons. The first-order valence-electron chi connectivity index (χ1n) is 6.82. The van der Waals surface area contributed by atoms with Gasteiger partial charge < -0.3 is 5.32 Å². The van der Waals surface area contributed by atoms with Gasteiger partial charge in [0, 0.05) is 12.6 Å². The second-order valence-electron chi connectivity index (χ2n) is 5.00. The number of nitrogens with one attached hydrogen (secondary N) is 1. The van der Waals surface area contributed by atoms with E-state index < -0.39 is 0 Å². The van der Waals surface area contributed by atoms with Gasteiger partial charge >= 0.3 is 0 Å². The Hall–Kier alpha value is -0.860. The molecule has 17 heavy (non-hydrogen) atoms. The minimum Gasteiger partial charge on any atom is -0.320 e. The first-order chi connectivity index (χ1) is 8.40. The first kappa shape index (κ1) is 12.6. The summed E-state index contributed by atoms with van der Waals surface area (Å²) < 4.78 is 0. The lowest BCUT2D eigenvalue weighted by Crippen LogP contribution is -2.27. The molecule has 0 unspecified atom stereocenters. The van der Waals surface area contributed by atoms with Crippen LogP contribution in [0.25, 0.3) is 0 Å². The zero-order valence-corrected chi connectivity index (χ0v) is 10.9. The first-order valence-corrected chi connectivity index (χ1v) is 6.82. The van der Waals surface area contributed by atoms with Crippen molar-refractivity contribution >= 4 is 0 Å². The maximum Gasteiger partial charge on any atom is 0.0236 e. The van der Waals surface area contributed by atoms with Gasteiger partial charge in [-0.15, -0.1) is 0 Å². The molecule has 1 saturated carbocycles. The monoisotopic (exact) mass is 232 g/mol. The van der Waals surface area contributed by atoms with E-state index in [1.165, 1.54) is 37.8 Å². The molecule has 0 aliphatic heterocycles. The molecule has 1 aromatic rings. The summed E-state index contributed by atoms with van der Waals surface area (Å²) in [6, 6.07) is 11.7. The van der Waals surface area contributed by atoms with Crippen molar-refractivity contribution in [2.75, 3.05) is 20.1 Å². The number of rotatable bonds is 8. The third kappa shape index (κ3) is 4.49. The van der Waals surface area contributed by atoms with E-state index in [4.69, 9.17) is 0 Å². The number of benzene rings is 1. The molecular weight excluding hydrogens is 208 g/mol. The molecule has 1 N–H and O–H groups in total. The minimum atomic E-state index is 0.866. The van der Waals surface area contributed by atoms with Crippen molar-refractivity contribution < 1.29 is 0 Å². The highest BCUT2D eigenvalue weighted by molar-refractivity contribution is 5.14. The maximum atomic E-state index is 3.22. The van der Waals surface area contributed by atoms with Gasteiger partial charge in [0.25, 0.3) is 0 Å².